The second-order valence-corrected chi connectivity index (χ2v) is 6.08. The lowest BCUT2D eigenvalue weighted by molar-refractivity contribution is -0.137. The number of aliphatic carboxylic acids is 1. The molecule has 0 aliphatic rings. The quantitative estimate of drug-likeness (QED) is 0.798. The Kier molecular flexibility index (Phi) is 4.34. The molecule has 1 atom stereocenters. The van der Waals surface area contributed by atoms with Gasteiger partial charge in [-0.15, -0.1) is 0 Å². The van der Waals surface area contributed by atoms with Crippen LogP contribution >= 0.6 is 0 Å². The summed E-state index contributed by atoms with van der Waals surface area (Å²) in [5, 5.41) is 12.3. The highest BCUT2D eigenvalue weighted by molar-refractivity contribution is 7.89. The van der Waals surface area contributed by atoms with Crippen molar-refractivity contribution in [2.24, 2.45) is 0 Å². The second-order valence-electron chi connectivity index (χ2n) is 4.36. The molecule has 0 aliphatic carbocycles. The number of nitrogens with zero attached hydrogens (tertiary/aromatic N) is 3. The summed E-state index contributed by atoms with van der Waals surface area (Å²) >= 11 is 0. The van der Waals surface area contributed by atoms with Gasteiger partial charge in [0.1, 0.15) is 11.4 Å². The van der Waals surface area contributed by atoms with E-state index in [4.69, 9.17) is 5.11 Å². The van der Waals surface area contributed by atoms with Crippen LogP contribution in [0.3, 0.4) is 0 Å². The molecule has 2 heterocycles. The molecule has 0 aromatic carbocycles. The fourth-order valence-corrected chi connectivity index (χ4v) is 2.87. The van der Waals surface area contributed by atoms with Crippen molar-refractivity contribution >= 4 is 16.0 Å². The van der Waals surface area contributed by atoms with Gasteiger partial charge in [0.15, 0.2) is 0 Å². The summed E-state index contributed by atoms with van der Waals surface area (Å²) in [6, 6.07) is 4.69. The molecule has 2 rings (SSSR count). The summed E-state index contributed by atoms with van der Waals surface area (Å²) in [4.78, 5) is 14.5. The Labute approximate surface area is 121 Å². The zero-order chi connectivity index (χ0) is 15.5. The van der Waals surface area contributed by atoms with Gasteiger partial charge >= 0.3 is 5.97 Å². The number of nitrogens with one attached hydrogen (secondary N) is 1. The first-order chi connectivity index (χ1) is 9.88. The molecule has 8 nitrogen and oxygen atoms in total. The largest absolute Gasteiger partial charge is 0.480 e. The van der Waals surface area contributed by atoms with Crippen LogP contribution in [0.25, 0.3) is 0 Å². The zero-order valence-corrected chi connectivity index (χ0v) is 12.0. The van der Waals surface area contributed by atoms with Crippen LogP contribution < -0.4 is 4.72 Å². The van der Waals surface area contributed by atoms with Gasteiger partial charge in [0.05, 0.1) is 17.9 Å². The molecule has 112 valence electrons. The van der Waals surface area contributed by atoms with Crippen LogP contribution in [0.4, 0.5) is 0 Å². The maximum absolute atomic E-state index is 12.2. The number of hydrogen-bond donors (Lipinski definition) is 2. The Hall–Kier alpha value is -2.26. The Morgan fingerprint density at radius 1 is 1.48 bits per heavy atom. The number of rotatable bonds is 6. The number of pyridine rings is 1. The molecule has 0 spiro atoms. The van der Waals surface area contributed by atoms with Crippen molar-refractivity contribution in [1.29, 1.82) is 0 Å². The summed E-state index contributed by atoms with van der Waals surface area (Å²) in [5.41, 5.74) is 0.582. The topological polar surface area (TPSA) is 114 Å². The zero-order valence-electron chi connectivity index (χ0n) is 11.2. The van der Waals surface area contributed by atoms with Gasteiger partial charge in [-0.2, -0.15) is 5.10 Å². The minimum Gasteiger partial charge on any atom is -0.480 e. The number of carbonyl (C=O) groups is 1. The van der Waals surface area contributed by atoms with Gasteiger partial charge in [-0.1, -0.05) is 6.07 Å². The molecule has 0 saturated carbocycles. The molecule has 0 fully saturated rings. The fraction of sp³-hybridized carbons (Fsp3) is 0.250. The number of sulfonamides is 1. The van der Waals surface area contributed by atoms with E-state index < -0.39 is 28.6 Å². The van der Waals surface area contributed by atoms with Gasteiger partial charge in [-0.25, -0.2) is 13.1 Å². The molecular formula is C12H14N4O4S. The molecule has 0 bridgehead atoms. The van der Waals surface area contributed by atoms with Crippen LogP contribution in [0.2, 0.25) is 0 Å². The van der Waals surface area contributed by atoms with Gasteiger partial charge < -0.3 is 5.11 Å². The smallest absolute Gasteiger partial charge is 0.325 e. The molecule has 2 aromatic rings. The van der Waals surface area contributed by atoms with Crippen LogP contribution in [0.5, 0.6) is 0 Å². The Morgan fingerprint density at radius 3 is 2.86 bits per heavy atom. The molecule has 21 heavy (non-hydrogen) atoms. The van der Waals surface area contributed by atoms with E-state index in [2.05, 4.69) is 14.8 Å². The van der Waals surface area contributed by atoms with Crippen molar-refractivity contribution in [1.82, 2.24) is 19.5 Å². The van der Waals surface area contributed by atoms with Crippen LogP contribution in [0, 0.1) is 0 Å². The van der Waals surface area contributed by atoms with E-state index in [0.717, 1.165) is 10.9 Å². The lowest BCUT2D eigenvalue weighted by atomic mass is 10.2. The standard InChI is InChI=1S/C12H14N4O4S/c1-9(11-4-2-3-5-13-11)15-21(19,20)10-6-14-16(7-10)8-12(17)18/h2-7,9,15H,8H2,1H3,(H,17,18)/t9-/m0/s1. The minimum atomic E-state index is -3.79. The summed E-state index contributed by atoms with van der Waals surface area (Å²) in [6.45, 7) is 1.27. The van der Waals surface area contributed by atoms with E-state index in [-0.39, 0.29) is 4.90 Å². The predicted molar refractivity (Wildman–Crippen MR) is 72.8 cm³/mol. The monoisotopic (exact) mass is 310 g/mol. The first-order valence-electron chi connectivity index (χ1n) is 6.06. The average Bonchev–Trinajstić information content (AvgIpc) is 2.88. The minimum absolute atomic E-state index is 0.0912. The molecule has 0 aliphatic heterocycles. The highest BCUT2D eigenvalue weighted by Crippen LogP contribution is 2.14. The summed E-state index contributed by atoms with van der Waals surface area (Å²) < 4.78 is 27.9. The van der Waals surface area contributed by atoms with Crippen LogP contribution in [0.15, 0.2) is 41.7 Å². The summed E-state index contributed by atoms with van der Waals surface area (Å²) in [6.07, 6.45) is 3.85. The molecule has 0 saturated heterocycles. The number of hydrogen-bond acceptors (Lipinski definition) is 5. The molecule has 0 unspecified atom stereocenters. The maximum Gasteiger partial charge on any atom is 0.325 e. The van der Waals surface area contributed by atoms with Crippen LogP contribution in [-0.4, -0.2) is 34.3 Å². The Bertz CT molecular complexity index is 727. The van der Waals surface area contributed by atoms with Crippen molar-refractivity contribution in [3.63, 3.8) is 0 Å². The second kappa shape index (κ2) is 6.02. The number of aromatic nitrogens is 3. The summed E-state index contributed by atoms with van der Waals surface area (Å²) in [7, 11) is -3.79. The SMILES string of the molecule is C[C@H](NS(=O)(=O)c1cnn(CC(=O)O)c1)c1ccccn1. The molecule has 0 amide bonds. The van der Waals surface area contributed by atoms with Gasteiger partial charge in [-0.05, 0) is 19.1 Å². The van der Waals surface area contributed by atoms with Gasteiger partial charge in [0, 0.05) is 12.4 Å². The van der Waals surface area contributed by atoms with E-state index >= 15 is 0 Å². The first-order valence-corrected chi connectivity index (χ1v) is 7.54. The van der Waals surface area contributed by atoms with E-state index in [1.54, 1.807) is 31.3 Å². The van der Waals surface area contributed by atoms with Gasteiger partial charge in [0.25, 0.3) is 0 Å². The van der Waals surface area contributed by atoms with Crippen molar-refractivity contribution in [3.05, 3.63) is 42.5 Å². The number of carboxylic acids is 1. The van der Waals surface area contributed by atoms with Gasteiger partial charge in [-0.3, -0.25) is 14.5 Å². The molecule has 2 N–H and O–H groups in total. The highest BCUT2D eigenvalue weighted by atomic mass is 32.2. The molecule has 2 aromatic heterocycles. The van der Waals surface area contributed by atoms with E-state index in [1.807, 2.05) is 0 Å². The molecule has 0 radical (unpaired) electrons. The average molecular weight is 310 g/mol. The molecule has 9 heteroatoms. The third kappa shape index (κ3) is 3.86. The van der Waals surface area contributed by atoms with Crippen molar-refractivity contribution in [2.75, 3.05) is 0 Å². The van der Waals surface area contributed by atoms with Crippen molar-refractivity contribution < 1.29 is 18.3 Å². The normalized spacial score (nSPS) is 13.0. The number of carboxylic acid groups (broad SMARTS) is 1. The Balaban J connectivity index is 2.15. The first kappa shape index (κ1) is 15.1. The lowest BCUT2D eigenvalue weighted by Gasteiger charge is -2.12. The highest BCUT2D eigenvalue weighted by Gasteiger charge is 2.21. The van der Waals surface area contributed by atoms with E-state index in [9.17, 15) is 13.2 Å². The lowest BCUT2D eigenvalue weighted by Crippen LogP contribution is -2.27. The van der Waals surface area contributed by atoms with E-state index in [1.165, 1.54) is 6.20 Å². The van der Waals surface area contributed by atoms with Crippen LogP contribution in [0.1, 0.15) is 18.7 Å². The fourth-order valence-electron chi connectivity index (χ4n) is 1.70. The van der Waals surface area contributed by atoms with Crippen LogP contribution in [-0.2, 0) is 21.4 Å². The van der Waals surface area contributed by atoms with E-state index in [0.29, 0.717) is 5.69 Å². The molecular weight excluding hydrogens is 296 g/mol. The Morgan fingerprint density at radius 2 is 2.24 bits per heavy atom. The third-order valence-corrected chi connectivity index (χ3v) is 4.18. The predicted octanol–water partition coefficient (Wildman–Crippen LogP) is 0.402. The van der Waals surface area contributed by atoms with Crippen molar-refractivity contribution in [2.45, 2.75) is 24.4 Å². The van der Waals surface area contributed by atoms with Gasteiger partial charge in [0.2, 0.25) is 10.0 Å². The maximum atomic E-state index is 12.2. The summed E-state index contributed by atoms with van der Waals surface area (Å²) in [5.74, 6) is -1.10. The third-order valence-electron chi connectivity index (χ3n) is 2.68. The van der Waals surface area contributed by atoms with Crippen molar-refractivity contribution in [3.8, 4) is 0 Å².